The standard InChI is InChI=1S/C14H19N3O2S2/c1-14(2)6-8-9(7-19-14)21-12-10(8)11(15-4-5-18)16-13(17-12)20-3/h18H,4-7H2,1-3H3,(H,15,16,17). The Morgan fingerprint density at radius 1 is 1.43 bits per heavy atom. The number of fused-ring (bicyclic) bond motifs is 3. The number of anilines is 1. The highest BCUT2D eigenvalue weighted by atomic mass is 32.2. The van der Waals surface area contributed by atoms with E-state index in [4.69, 9.17) is 9.84 Å². The van der Waals surface area contributed by atoms with Crippen LogP contribution in [0.4, 0.5) is 5.82 Å². The van der Waals surface area contributed by atoms with Gasteiger partial charge in [0.2, 0.25) is 0 Å². The third-order valence-electron chi connectivity index (χ3n) is 3.50. The number of thiophene rings is 1. The molecule has 0 atom stereocenters. The minimum atomic E-state index is -0.159. The highest BCUT2D eigenvalue weighted by Crippen LogP contribution is 2.41. The second kappa shape index (κ2) is 5.72. The number of aromatic nitrogens is 2. The lowest BCUT2D eigenvalue weighted by Crippen LogP contribution is -2.31. The summed E-state index contributed by atoms with van der Waals surface area (Å²) >= 11 is 3.21. The molecule has 0 saturated heterocycles. The second-order valence-electron chi connectivity index (χ2n) is 5.62. The summed E-state index contributed by atoms with van der Waals surface area (Å²) in [4.78, 5) is 11.4. The van der Waals surface area contributed by atoms with Crippen LogP contribution in [0.5, 0.6) is 0 Å². The highest BCUT2D eigenvalue weighted by molar-refractivity contribution is 7.98. The Balaban J connectivity index is 2.16. The lowest BCUT2D eigenvalue weighted by molar-refractivity contribution is -0.0379. The van der Waals surface area contributed by atoms with Crippen molar-refractivity contribution in [2.45, 2.75) is 37.6 Å². The van der Waals surface area contributed by atoms with E-state index in [1.54, 1.807) is 11.3 Å². The Labute approximate surface area is 132 Å². The fraction of sp³-hybridized carbons (Fsp3) is 0.571. The van der Waals surface area contributed by atoms with Crippen LogP contribution in [-0.4, -0.2) is 40.1 Å². The maximum atomic E-state index is 9.07. The Bertz CT molecular complexity index is 670. The molecule has 0 bridgehead atoms. The number of aliphatic hydroxyl groups excluding tert-OH is 1. The Morgan fingerprint density at radius 2 is 2.24 bits per heavy atom. The van der Waals surface area contributed by atoms with Gasteiger partial charge in [-0.25, -0.2) is 9.97 Å². The number of rotatable bonds is 4. The number of ether oxygens (including phenoxy) is 1. The third-order valence-corrected chi connectivity index (χ3v) is 5.14. The first-order chi connectivity index (χ1) is 10.0. The number of thioether (sulfide) groups is 1. The van der Waals surface area contributed by atoms with Crippen LogP contribution in [0.15, 0.2) is 5.16 Å². The largest absolute Gasteiger partial charge is 0.395 e. The van der Waals surface area contributed by atoms with E-state index in [0.29, 0.717) is 13.2 Å². The van der Waals surface area contributed by atoms with Gasteiger partial charge in [0.1, 0.15) is 10.6 Å². The van der Waals surface area contributed by atoms with Crippen molar-refractivity contribution < 1.29 is 9.84 Å². The van der Waals surface area contributed by atoms with Gasteiger partial charge in [0, 0.05) is 17.8 Å². The summed E-state index contributed by atoms with van der Waals surface area (Å²) in [6, 6.07) is 0. The molecule has 2 N–H and O–H groups in total. The summed E-state index contributed by atoms with van der Waals surface area (Å²) in [5.41, 5.74) is 1.13. The van der Waals surface area contributed by atoms with Crippen LogP contribution in [0.2, 0.25) is 0 Å². The maximum Gasteiger partial charge on any atom is 0.190 e. The van der Waals surface area contributed by atoms with Gasteiger partial charge in [0.05, 0.1) is 24.2 Å². The van der Waals surface area contributed by atoms with Crippen LogP contribution >= 0.6 is 23.1 Å². The van der Waals surface area contributed by atoms with E-state index in [1.165, 1.54) is 22.2 Å². The molecular formula is C14H19N3O2S2. The third kappa shape index (κ3) is 2.88. The number of hydrogen-bond donors (Lipinski definition) is 2. The fourth-order valence-electron chi connectivity index (χ4n) is 2.52. The van der Waals surface area contributed by atoms with Crippen molar-refractivity contribution in [2.75, 3.05) is 24.7 Å². The van der Waals surface area contributed by atoms with Gasteiger partial charge in [0.15, 0.2) is 5.16 Å². The average Bonchev–Trinajstić information content (AvgIpc) is 2.81. The molecule has 0 saturated carbocycles. The lowest BCUT2D eigenvalue weighted by Gasteiger charge is -2.30. The monoisotopic (exact) mass is 325 g/mol. The number of nitrogens with one attached hydrogen (secondary N) is 1. The molecule has 2 aromatic rings. The smallest absolute Gasteiger partial charge is 0.190 e. The molecule has 2 aromatic heterocycles. The van der Waals surface area contributed by atoms with Gasteiger partial charge in [-0.3, -0.25) is 0 Å². The zero-order chi connectivity index (χ0) is 15.0. The second-order valence-corrected chi connectivity index (χ2v) is 7.48. The molecule has 0 radical (unpaired) electrons. The van der Waals surface area contributed by atoms with Crippen LogP contribution in [0, 0.1) is 0 Å². The number of aliphatic hydroxyl groups is 1. The van der Waals surface area contributed by atoms with Crippen molar-refractivity contribution in [3.05, 3.63) is 10.4 Å². The Kier molecular flexibility index (Phi) is 4.09. The van der Waals surface area contributed by atoms with Crippen LogP contribution < -0.4 is 5.32 Å². The van der Waals surface area contributed by atoms with Gasteiger partial charge in [0.25, 0.3) is 0 Å². The van der Waals surface area contributed by atoms with Gasteiger partial charge in [-0.2, -0.15) is 0 Å². The van der Waals surface area contributed by atoms with E-state index in [2.05, 4.69) is 29.1 Å². The molecule has 1 aliphatic rings. The molecule has 21 heavy (non-hydrogen) atoms. The number of nitrogens with zero attached hydrogens (tertiary/aromatic N) is 2. The summed E-state index contributed by atoms with van der Waals surface area (Å²) < 4.78 is 5.90. The maximum absolute atomic E-state index is 9.07. The zero-order valence-corrected chi connectivity index (χ0v) is 14.0. The average molecular weight is 325 g/mol. The summed E-state index contributed by atoms with van der Waals surface area (Å²) in [7, 11) is 0. The van der Waals surface area contributed by atoms with Gasteiger partial charge >= 0.3 is 0 Å². The first-order valence-electron chi connectivity index (χ1n) is 6.89. The summed E-state index contributed by atoms with van der Waals surface area (Å²) in [6.45, 7) is 5.43. The van der Waals surface area contributed by atoms with E-state index in [1.807, 2.05) is 6.26 Å². The summed E-state index contributed by atoms with van der Waals surface area (Å²) in [6.07, 6.45) is 2.83. The van der Waals surface area contributed by atoms with Crippen molar-refractivity contribution in [3.63, 3.8) is 0 Å². The first kappa shape index (κ1) is 15.0. The van der Waals surface area contributed by atoms with Crippen molar-refractivity contribution in [1.82, 2.24) is 9.97 Å². The van der Waals surface area contributed by atoms with Crippen LogP contribution in [0.1, 0.15) is 24.3 Å². The Morgan fingerprint density at radius 3 is 2.95 bits per heavy atom. The molecular weight excluding hydrogens is 306 g/mol. The quantitative estimate of drug-likeness (QED) is 0.665. The normalized spacial score (nSPS) is 17.0. The summed E-state index contributed by atoms with van der Waals surface area (Å²) in [5, 5.41) is 14.1. The molecule has 5 nitrogen and oxygen atoms in total. The first-order valence-corrected chi connectivity index (χ1v) is 8.93. The highest BCUT2D eigenvalue weighted by Gasteiger charge is 2.30. The molecule has 3 heterocycles. The fourth-order valence-corrected chi connectivity index (χ4v) is 4.04. The van der Waals surface area contributed by atoms with Gasteiger partial charge in [-0.1, -0.05) is 11.8 Å². The molecule has 0 aliphatic carbocycles. The van der Waals surface area contributed by atoms with Gasteiger partial charge < -0.3 is 15.2 Å². The lowest BCUT2D eigenvalue weighted by atomic mass is 9.94. The van der Waals surface area contributed by atoms with Gasteiger partial charge in [-0.05, 0) is 25.7 Å². The number of hydrogen-bond acceptors (Lipinski definition) is 7. The SMILES string of the molecule is CSc1nc(NCCO)c2c3c(sc2n1)COC(C)(C)C3. The molecule has 0 aromatic carbocycles. The van der Waals surface area contributed by atoms with Crippen molar-refractivity contribution in [2.24, 2.45) is 0 Å². The van der Waals surface area contributed by atoms with Crippen LogP contribution in [0.25, 0.3) is 10.2 Å². The molecule has 0 unspecified atom stereocenters. The molecule has 1 aliphatic heterocycles. The molecule has 0 fully saturated rings. The minimum absolute atomic E-state index is 0.0844. The van der Waals surface area contributed by atoms with Crippen LogP contribution in [0.3, 0.4) is 0 Å². The van der Waals surface area contributed by atoms with Crippen molar-refractivity contribution in [3.8, 4) is 0 Å². The van der Waals surface area contributed by atoms with Crippen molar-refractivity contribution >= 4 is 39.1 Å². The van der Waals surface area contributed by atoms with Crippen LogP contribution in [-0.2, 0) is 17.8 Å². The Hall–Kier alpha value is -0.890. The van der Waals surface area contributed by atoms with Crippen molar-refractivity contribution in [1.29, 1.82) is 0 Å². The molecule has 114 valence electrons. The molecule has 7 heteroatoms. The topological polar surface area (TPSA) is 67.3 Å². The molecule has 3 rings (SSSR count). The zero-order valence-electron chi connectivity index (χ0n) is 12.4. The summed E-state index contributed by atoms with van der Waals surface area (Å²) in [5.74, 6) is 0.827. The van der Waals surface area contributed by atoms with E-state index in [0.717, 1.165) is 27.6 Å². The minimum Gasteiger partial charge on any atom is -0.395 e. The van der Waals surface area contributed by atoms with E-state index in [9.17, 15) is 0 Å². The van der Waals surface area contributed by atoms with E-state index < -0.39 is 0 Å². The van der Waals surface area contributed by atoms with E-state index >= 15 is 0 Å². The molecule has 0 amide bonds. The molecule has 0 spiro atoms. The predicted octanol–water partition coefficient (Wildman–Crippen LogP) is 2.67. The van der Waals surface area contributed by atoms with Gasteiger partial charge in [-0.15, -0.1) is 11.3 Å². The predicted molar refractivity (Wildman–Crippen MR) is 87.3 cm³/mol. The van der Waals surface area contributed by atoms with E-state index in [-0.39, 0.29) is 12.2 Å².